The number of hydrogen-bond donors (Lipinski definition) is 0. The molecule has 0 heterocycles. The molecule has 3 aromatic rings. The summed E-state index contributed by atoms with van der Waals surface area (Å²) in [5.41, 5.74) is 3.12. The first-order valence-electron chi connectivity index (χ1n) is 15.1. The molecule has 12 heteroatoms. The van der Waals surface area contributed by atoms with E-state index in [0.29, 0.717) is 13.2 Å². The Hall–Kier alpha value is -2.84. The maximum atomic E-state index is 13.7. The Kier molecular flexibility index (Phi) is 14.3. The third kappa shape index (κ3) is 10.1. The van der Waals surface area contributed by atoms with Crippen molar-refractivity contribution < 1.29 is 36.7 Å². The van der Waals surface area contributed by atoms with Crippen LogP contribution in [-0.4, -0.2) is 52.2 Å². The van der Waals surface area contributed by atoms with E-state index in [4.69, 9.17) is 27.6 Å². The molecule has 44 heavy (non-hydrogen) atoms. The summed E-state index contributed by atoms with van der Waals surface area (Å²) < 4.78 is 61.2. The fraction of sp³-hybridized carbons (Fsp3) is 0.438. The number of ether oxygens (including phenoxy) is 2. The summed E-state index contributed by atoms with van der Waals surface area (Å²) in [6, 6.07) is 22.8. The van der Waals surface area contributed by atoms with E-state index in [0.717, 1.165) is 34.2 Å². The molecule has 0 fully saturated rings. The zero-order valence-electron chi connectivity index (χ0n) is 26.6. The lowest BCUT2D eigenvalue weighted by molar-refractivity contribution is 0.219. The SMILES string of the molecule is CCOc1ccc(N(CP(=O)(OCC)OCC)c2ccc(N(CP(=O)(OCC)OCC)c3ccc(OCC)cc3)cc2)cc1. The highest BCUT2D eigenvalue weighted by Crippen LogP contribution is 2.52. The zero-order chi connectivity index (χ0) is 32.0. The molecule has 0 amide bonds. The van der Waals surface area contributed by atoms with Crippen LogP contribution in [0.2, 0.25) is 0 Å². The van der Waals surface area contributed by atoms with E-state index >= 15 is 0 Å². The summed E-state index contributed by atoms with van der Waals surface area (Å²) in [7, 11) is -6.92. The predicted molar refractivity (Wildman–Crippen MR) is 177 cm³/mol. The molecule has 0 saturated heterocycles. The van der Waals surface area contributed by atoms with Gasteiger partial charge in [-0.15, -0.1) is 0 Å². The Bertz CT molecular complexity index is 1230. The van der Waals surface area contributed by atoms with Gasteiger partial charge in [-0.1, -0.05) is 0 Å². The molecule has 3 rings (SSSR count). The zero-order valence-corrected chi connectivity index (χ0v) is 28.4. The van der Waals surface area contributed by atoms with Crippen molar-refractivity contribution in [2.75, 3.05) is 62.0 Å². The van der Waals surface area contributed by atoms with Gasteiger partial charge in [0.15, 0.2) is 0 Å². The minimum Gasteiger partial charge on any atom is -0.494 e. The van der Waals surface area contributed by atoms with E-state index in [1.807, 2.05) is 96.4 Å². The van der Waals surface area contributed by atoms with Gasteiger partial charge in [-0.25, -0.2) is 0 Å². The van der Waals surface area contributed by atoms with Crippen LogP contribution in [0, 0.1) is 0 Å². The minimum absolute atomic E-state index is 0.00843. The van der Waals surface area contributed by atoms with E-state index in [-0.39, 0.29) is 39.0 Å². The van der Waals surface area contributed by atoms with E-state index in [1.54, 1.807) is 27.7 Å². The number of benzene rings is 3. The van der Waals surface area contributed by atoms with Gasteiger partial charge in [0, 0.05) is 22.7 Å². The fourth-order valence-corrected chi connectivity index (χ4v) is 7.98. The topological polar surface area (TPSA) is 96.0 Å². The van der Waals surface area contributed by atoms with E-state index in [1.165, 1.54) is 0 Å². The van der Waals surface area contributed by atoms with Gasteiger partial charge in [-0.05, 0) is 114 Å². The lowest BCUT2D eigenvalue weighted by Gasteiger charge is -2.31. The summed E-state index contributed by atoms with van der Waals surface area (Å²) in [6.07, 6.45) is 0.0169. The van der Waals surface area contributed by atoms with Crippen LogP contribution < -0.4 is 19.3 Å². The molecule has 242 valence electrons. The van der Waals surface area contributed by atoms with Crippen molar-refractivity contribution in [2.45, 2.75) is 41.5 Å². The van der Waals surface area contributed by atoms with Crippen LogP contribution in [-0.2, 0) is 27.2 Å². The Balaban J connectivity index is 2.05. The highest BCUT2D eigenvalue weighted by molar-refractivity contribution is 7.54. The van der Waals surface area contributed by atoms with E-state index < -0.39 is 15.2 Å². The van der Waals surface area contributed by atoms with Crippen molar-refractivity contribution in [2.24, 2.45) is 0 Å². The van der Waals surface area contributed by atoms with Crippen LogP contribution in [0.5, 0.6) is 11.5 Å². The van der Waals surface area contributed by atoms with Crippen LogP contribution in [0.4, 0.5) is 22.7 Å². The predicted octanol–water partition coefficient (Wildman–Crippen LogP) is 9.21. The number of rotatable bonds is 20. The summed E-state index contributed by atoms with van der Waals surface area (Å²) in [5, 5.41) is 0. The third-order valence-corrected chi connectivity index (χ3v) is 10.2. The van der Waals surface area contributed by atoms with Gasteiger partial charge in [0.1, 0.15) is 24.1 Å². The molecule has 0 bridgehead atoms. The molecule has 0 aliphatic heterocycles. The Morgan fingerprint density at radius 2 is 0.682 bits per heavy atom. The molecule has 0 N–H and O–H groups in total. The number of anilines is 4. The van der Waals surface area contributed by atoms with Gasteiger partial charge >= 0.3 is 15.2 Å². The van der Waals surface area contributed by atoms with Crippen LogP contribution in [0.25, 0.3) is 0 Å². The quantitative estimate of drug-likeness (QED) is 0.110. The second-order valence-electron chi connectivity index (χ2n) is 9.40. The van der Waals surface area contributed by atoms with Gasteiger partial charge in [-0.2, -0.15) is 0 Å². The van der Waals surface area contributed by atoms with Gasteiger partial charge in [0.2, 0.25) is 0 Å². The molecule has 0 spiro atoms. The lowest BCUT2D eigenvalue weighted by atomic mass is 10.2. The molecule has 0 aromatic heterocycles. The summed E-state index contributed by atoms with van der Waals surface area (Å²) >= 11 is 0. The number of nitrogens with zero attached hydrogens (tertiary/aromatic N) is 2. The summed E-state index contributed by atoms with van der Waals surface area (Å²) in [5.74, 6) is 1.48. The molecule has 10 nitrogen and oxygen atoms in total. The van der Waals surface area contributed by atoms with Crippen molar-refractivity contribution in [3.8, 4) is 11.5 Å². The first kappa shape index (κ1) is 35.6. The molecule has 0 aliphatic rings. The maximum Gasteiger partial charge on any atom is 0.350 e. The Morgan fingerprint density at radius 3 is 0.909 bits per heavy atom. The monoisotopic (exact) mass is 648 g/mol. The lowest BCUT2D eigenvalue weighted by Crippen LogP contribution is -2.22. The molecule has 0 atom stereocenters. The van der Waals surface area contributed by atoms with Crippen LogP contribution >= 0.6 is 15.2 Å². The first-order chi connectivity index (χ1) is 21.2. The Morgan fingerprint density at radius 1 is 0.432 bits per heavy atom. The largest absolute Gasteiger partial charge is 0.494 e. The molecule has 3 aromatic carbocycles. The van der Waals surface area contributed by atoms with Crippen molar-refractivity contribution in [1.82, 2.24) is 0 Å². The highest BCUT2D eigenvalue weighted by Gasteiger charge is 2.30. The molecule has 0 aliphatic carbocycles. The third-order valence-electron chi connectivity index (χ3n) is 6.32. The molecule has 0 unspecified atom stereocenters. The van der Waals surface area contributed by atoms with Gasteiger partial charge in [-0.3, -0.25) is 9.13 Å². The van der Waals surface area contributed by atoms with Crippen LogP contribution in [0.1, 0.15) is 41.5 Å². The fourth-order valence-electron chi connectivity index (χ4n) is 4.59. The van der Waals surface area contributed by atoms with Crippen molar-refractivity contribution >= 4 is 37.9 Å². The van der Waals surface area contributed by atoms with Gasteiger partial charge < -0.3 is 37.4 Å². The highest BCUT2D eigenvalue weighted by atomic mass is 31.2. The van der Waals surface area contributed by atoms with Gasteiger partial charge in [0.25, 0.3) is 0 Å². The van der Waals surface area contributed by atoms with Crippen molar-refractivity contribution in [3.63, 3.8) is 0 Å². The second-order valence-corrected chi connectivity index (χ2v) is 13.4. The normalized spacial score (nSPS) is 11.8. The van der Waals surface area contributed by atoms with E-state index in [2.05, 4.69) is 0 Å². The molecule has 0 saturated carbocycles. The smallest absolute Gasteiger partial charge is 0.350 e. The molecular formula is C32H46N2O8P2. The average molecular weight is 649 g/mol. The van der Waals surface area contributed by atoms with Crippen molar-refractivity contribution in [1.29, 1.82) is 0 Å². The molecule has 0 radical (unpaired) electrons. The van der Waals surface area contributed by atoms with Gasteiger partial charge in [0.05, 0.1) is 39.6 Å². The first-order valence-corrected chi connectivity index (χ1v) is 18.6. The molecular weight excluding hydrogens is 602 g/mol. The maximum absolute atomic E-state index is 13.7. The standard InChI is InChI=1S/C32H46N2O8P2/c1-7-37-31-21-17-29(18-22-31)33(25-43(35,39-9-3)40-10-4)27-13-15-28(16-14-27)34(26-44(36,41-11-5)42-12-6)30-19-23-32(24-20-30)38-8-2/h13-24H,7-12,25-26H2,1-6H3. The van der Waals surface area contributed by atoms with Crippen LogP contribution in [0.15, 0.2) is 72.8 Å². The average Bonchev–Trinajstić information content (AvgIpc) is 3.01. The second kappa shape index (κ2) is 17.6. The summed E-state index contributed by atoms with van der Waals surface area (Å²) in [6.45, 7) is 13.2. The van der Waals surface area contributed by atoms with Crippen molar-refractivity contribution in [3.05, 3.63) is 72.8 Å². The number of hydrogen-bond acceptors (Lipinski definition) is 10. The summed E-state index contributed by atoms with van der Waals surface area (Å²) in [4.78, 5) is 3.80. The van der Waals surface area contributed by atoms with E-state index in [9.17, 15) is 9.13 Å². The minimum atomic E-state index is -3.46. The van der Waals surface area contributed by atoms with Crippen LogP contribution in [0.3, 0.4) is 0 Å². The Labute approximate surface area is 262 Å².